The van der Waals surface area contributed by atoms with Crippen LogP contribution < -0.4 is 5.46 Å². The highest BCUT2D eigenvalue weighted by molar-refractivity contribution is 6.61. The van der Waals surface area contributed by atoms with Gasteiger partial charge in [-0.15, -0.1) is 0 Å². The molecule has 1 fully saturated rings. The van der Waals surface area contributed by atoms with Crippen LogP contribution in [0.4, 0.5) is 10.1 Å². The van der Waals surface area contributed by atoms with Crippen molar-refractivity contribution in [3.63, 3.8) is 0 Å². The van der Waals surface area contributed by atoms with E-state index in [4.69, 9.17) is 9.31 Å². The van der Waals surface area contributed by atoms with Crippen LogP contribution in [0.3, 0.4) is 0 Å². The van der Waals surface area contributed by atoms with E-state index in [1.807, 2.05) is 13.8 Å². The van der Waals surface area contributed by atoms with Crippen LogP contribution in [-0.2, 0) is 9.31 Å². The summed E-state index contributed by atoms with van der Waals surface area (Å²) in [6.07, 6.45) is 0. The molecule has 0 aliphatic carbocycles. The molecule has 0 radical (unpaired) electrons. The molecule has 0 aromatic heterocycles. The maximum Gasteiger partial charge on any atom is 0.496 e. The fourth-order valence-electron chi connectivity index (χ4n) is 1.69. The number of non-ortho nitro benzene ring substituents is 1. The van der Waals surface area contributed by atoms with Crippen molar-refractivity contribution in [2.24, 2.45) is 5.41 Å². The first kappa shape index (κ1) is 13.0. The Labute approximate surface area is 104 Å². The Kier molecular flexibility index (Phi) is 3.36. The highest BCUT2D eigenvalue weighted by Gasteiger charge is 2.35. The average molecular weight is 253 g/mol. The summed E-state index contributed by atoms with van der Waals surface area (Å²) < 4.78 is 24.6. The van der Waals surface area contributed by atoms with Crippen LogP contribution in [0.2, 0.25) is 0 Å². The van der Waals surface area contributed by atoms with Gasteiger partial charge in [-0.1, -0.05) is 19.9 Å². The molecule has 1 aliphatic heterocycles. The first-order chi connectivity index (χ1) is 8.39. The lowest BCUT2D eigenvalue weighted by Gasteiger charge is -2.33. The van der Waals surface area contributed by atoms with Gasteiger partial charge in [-0.25, -0.2) is 4.39 Å². The molecule has 0 unspecified atom stereocenters. The number of nitro groups is 1. The maximum atomic E-state index is 13.7. The molecule has 0 spiro atoms. The number of benzene rings is 1. The maximum absolute atomic E-state index is 13.7. The lowest BCUT2D eigenvalue weighted by Crippen LogP contribution is -2.48. The lowest BCUT2D eigenvalue weighted by molar-refractivity contribution is -0.385. The van der Waals surface area contributed by atoms with E-state index in [9.17, 15) is 14.5 Å². The van der Waals surface area contributed by atoms with Gasteiger partial charge in [0.1, 0.15) is 5.82 Å². The van der Waals surface area contributed by atoms with E-state index in [0.29, 0.717) is 13.2 Å². The average Bonchev–Trinajstić information content (AvgIpc) is 2.29. The Morgan fingerprint density at radius 1 is 1.39 bits per heavy atom. The topological polar surface area (TPSA) is 61.6 Å². The molecular formula is C11H13BFNO4. The molecule has 5 nitrogen and oxygen atoms in total. The molecule has 1 aromatic rings. The van der Waals surface area contributed by atoms with E-state index in [1.54, 1.807) is 0 Å². The summed E-state index contributed by atoms with van der Waals surface area (Å²) in [6, 6.07) is 3.45. The molecule has 18 heavy (non-hydrogen) atoms. The molecule has 96 valence electrons. The molecule has 0 bridgehead atoms. The van der Waals surface area contributed by atoms with Gasteiger partial charge in [0, 0.05) is 30.2 Å². The molecular weight excluding hydrogens is 240 g/mol. The molecule has 0 amide bonds. The van der Waals surface area contributed by atoms with Crippen LogP contribution in [0.1, 0.15) is 13.8 Å². The predicted molar refractivity (Wildman–Crippen MR) is 64.1 cm³/mol. The zero-order valence-electron chi connectivity index (χ0n) is 10.2. The molecule has 1 aromatic carbocycles. The van der Waals surface area contributed by atoms with E-state index < -0.39 is 17.9 Å². The van der Waals surface area contributed by atoms with Gasteiger partial charge in [0.2, 0.25) is 0 Å². The number of rotatable bonds is 2. The highest BCUT2D eigenvalue weighted by atomic mass is 19.1. The molecule has 0 atom stereocenters. The standard InChI is InChI=1S/C11H13BFNO4/c1-11(2)6-17-12(18-7-11)9-4-3-8(14(15)16)5-10(9)13/h3-5H,6-7H2,1-2H3. The Balaban J connectivity index is 2.17. The highest BCUT2D eigenvalue weighted by Crippen LogP contribution is 2.22. The van der Waals surface area contributed by atoms with Gasteiger partial charge in [-0.05, 0) is 0 Å². The van der Waals surface area contributed by atoms with Gasteiger partial charge in [-0.2, -0.15) is 0 Å². The predicted octanol–water partition coefficient (Wildman–Crippen LogP) is 1.50. The minimum Gasteiger partial charge on any atom is -0.407 e. The van der Waals surface area contributed by atoms with Gasteiger partial charge in [0.25, 0.3) is 5.69 Å². The summed E-state index contributed by atoms with van der Waals surface area (Å²) in [5, 5.41) is 10.5. The molecule has 1 heterocycles. The second kappa shape index (κ2) is 4.66. The van der Waals surface area contributed by atoms with Crippen molar-refractivity contribution in [1.82, 2.24) is 0 Å². The molecule has 0 saturated carbocycles. The lowest BCUT2D eigenvalue weighted by atomic mass is 9.75. The van der Waals surface area contributed by atoms with Crippen LogP contribution in [0.5, 0.6) is 0 Å². The van der Waals surface area contributed by atoms with Crippen molar-refractivity contribution in [1.29, 1.82) is 0 Å². The van der Waals surface area contributed by atoms with Crippen molar-refractivity contribution in [3.8, 4) is 0 Å². The smallest absolute Gasteiger partial charge is 0.407 e. The minimum atomic E-state index is -0.793. The fraction of sp³-hybridized carbons (Fsp3) is 0.455. The van der Waals surface area contributed by atoms with Gasteiger partial charge >= 0.3 is 7.12 Å². The second-order valence-electron chi connectivity index (χ2n) is 5.08. The van der Waals surface area contributed by atoms with E-state index in [2.05, 4.69) is 0 Å². The van der Waals surface area contributed by atoms with E-state index >= 15 is 0 Å². The number of nitrogens with zero attached hydrogens (tertiary/aromatic N) is 1. The summed E-state index contributed by atoms with van der Waals surface area (Å²) in [7, 11) is -0.793. The Hall–Kier alpha value is -1.47. The molecule has 7 heteroatoms. The van der Waals surface area contributed by atoms with Crippen molar-refractivity contribution >= 4 is 18.3 Å². The van der Waals surface area contributed by atoms with Crippen molar-refractivity contribution in [2.45, 2.75) is 13.8 Å². The molecule has 1 saturated heterocycles. The number of hydrogen-bond acceptors (Lipinski definition) is 4. The Morgan fingerprint density at radius 2 is 2.00 bits per heavy atom. The van der Waals surface area contributed by atoms with Crippen LogP contribution >= 0.6 is 0 Å². The summed E-state index contributed by atoms with van der Waals surface area (Å²) in [4.78, 5) is 9.86. The second-order valence-corrected chi connectivity index (χ2v) is 5.08. The van der Waals surface area contributed by atoms with Crippen molar-refractivity contribution in [2.75, 3.05) is 13.2 Å². The van der Waals surface area contributed by atoms with Gasteiger partial charge < -0.3 is 9.31 Å². The van der Waals surface area contributed by atoms with Gasteiger partial charge in [0.05, 0.1) is 11.0 Å². The van der Waals surface area contributed by atoms with Crippen LogP contribution in [0.25, 0.3) is 0 Å². The zero-order chi connectivity index (χ0) is 13.3. The minimum absolute atomic E-state index is 0.103. The Bertz CT molecular complexity index is 470. The normalized spacial score (nSPS) is 18.7. The Morgan fingerprint density at radius 3 is 2.50 bits per heavy atom. The summed E-state index contributed by atoms with van der Waals surface area (Å²) >= 11 is 0. The van der Waals surface area contributed by atoms with Gasteiger partial charge in [-0.3, -0.25) is 10.1 Å². The summed E-state index contributed by atoms with van der Waals surface area (Å²) in [6.45, 7) is 4.87. The first-order valence-electron chi connectivity index (χ1n) is 5.56. The number of hydrogen-bond donors (Lipinski definition) is 0. The summed E-state index contributed by atoms with van der Waals surface area (Å²) in [5.74, 6) is -0.686. The number of halogens is 1. The van der Waals surface area contributed by atoms with E-state index in [1.165, 1.54) is 12.1 Å². The third-order valence-corrected chi connectivity index (χ3v) is 2.70. The van der Waals surface area contributed by atoms with Crippen LogP contribution in [-0.4, -0.2) is 25.3 Å². The third-order valence-electron chi connectivity index (χ3n) is 2.70. The summed E-state index contributed by atoms with van der Waals surface area (Å²) in [5.41, 5.74) is -0.197. The van der Waals surface area contributed by atoms with Crippen molar-refractivity contribution < 1.29 is 18.6 Å². The zero-order valence-corrected chi connectivity index (χ0v) is 10.2. The van der Waals surface area contributed by atoms with Crippen molar-refractivity contribution in [3.05, 3.63) is 34.1 Å². The van der Waals surface area contributed by atoms with Gasteiger partial charge in [0.15, 0.2) is 0 Å². The number of nitro benzene ring substituents is 1. The first-order valence-corrected chi connectivity index (χ1v) is 5.56. The largest absolute Gasteiger partial charge is 0.496 e. The third kappa shape index (κ3) is 2.68. The van der Waals surface area contributed by atoms with Crippen LogP contribution in [0, 0.1) is 21.3 Å². The SMILES string of the molecule is CC1(C)COB(c2ccc([N+](=O)[O-])cc2F)OC1. The molecule has 1 aliphatic rings. The monoisotopic (exact) mass is 253 g/mol. The van der Waals surface area contributed by atoms with E-state index in [0.717, 1.165) is 6.07 Å². The van der Waals surface area contributed by atoms with Crippen LogP contribution in [0.15, 0.2) is 18.2 Å². The quantitative estimate of drug-likeness (QED) is 0.455. The fourth-order valence-corrected chi connectivity index (χ4v) is 1.69. The molecule has 0 N–H and O–H groups in total. The van der Waals surface area contributed by atoms with E-state index in [-0.39, 0.29) is 16.6 Å². The molecule has 2 rings (SSSR count).